The summed E-state index contributed by atoms with van der Waals surface area (Å²) in [4.78, 5) is 0. The van der Waals surface area contributed by atoms with Crippen LogP contribution >= 0.6 is 0 Å². The SMILES string of the molecule is CCCCC(CC)CC(NCC)c1c(C)oc(C)c1C. The van der Waals surface area contributed by atoms with Crippen molar-refractivity contribution in [3.8, 4) is 0 Å². The molecule has 1 aromatic heterocycles. The molecule has 2 nitrogen and oxygen atoms in total. The molecule has 0 aliphatic rings. The Bertz CT molecular complexity index is 394. The zero-order chi connectivity index (χ0) is 15.1. The molecule has 2 unspecified atom stereocenters. The third-order valence-corrected chi connectivity index (χ3v) is 4.53. The maximum Gasteiger partial charge on any atom is 0.106 e. The van der Waals surface area contributed by atoms with Crippen molar-refractivity contribution in [3.63, 3.8) is 0 Å². The Hall–Kier alpha value is -0.760. The maximum atomic E-state index is 5.83. The van der Waals surface area contributed by atoms with Crippen LogP contribution in [0.15, 0.2) is 4.42 Å². The predicted octanol–water partition coefficient (Wildman–Crippen LogP) is 5.46. The van der Waals surface area contributed by atoms with Gasteiger partial charge in [-0.25, -0.2) is 0 Å². The minimum absolute atomic E-state index is 0.444. The lowest BCUT2D eigenvalue weighted by Crippen LogP contribution is -2.24. The molecule has 1 rings (SSSR count). The number of hydrogen-bond donors (Lipinski definition) is 1. The Kier molecular flexibility index (Phi) is 7.36. The van der Waals surface area contributed by atoms with E-state index in [4.69, 9.17) is 4.42 Å². The maximum absolute atomic E-state index is 5.83. The molecular weight excluding hydrogens is 246 g/mol. The van der Waals surface area contributed by atoms with Gasteiger partial charge < -0.3 is 9.73 Å². The van der Waals surface area contributed by atoms with E-state index in [-0.39, 0.29) is 0 Å². The summed E-state index contributed by atoms with van der Waals surface area (Å²) in [5, 5.41) is 3.68. The van der Waals surface area contributed by atoms with Gasteiger partial charge in [0.25, 0.3) is 0 Å². The minimum atomic E-state index is 0.444. The number of rotatable bonds is 9. The van der Waals surface area contributed by atoms with E-state index < -0.39 is 0 Å². The fourth-order valence-electron chi connectivity index (χ4n) is 3.19. The molecule has 2 heteroatoms. The summed E-state index contributed by atoms with van der Waals surface area (Å²) in [5.74, 6) is 2.98. The standard InChI is InChI=1S/C18H33NO/c1-7-10-11-16(8-2)12-17(19-9-3)18-13(4)14(5)20-15(18)6/h16-17,19H,7-12H2,1-6H3. The zero-order valence-corrected chi connectivity index (χ0v) is 14.3. The van der Waals surface area contributed by atoms with Crippen LogP contribution in [-0.2, 0) is 0 Å². The fourth-order valence-corrected chi connectivity index (χ4v) is 3.19. The molecule has 0 aliphatic heterocycles. The normalized spacial score (nSPS) is 14.5. The van der Waals surface area contributed by atoms with E-state index in [2.05, 4.69) is 46.9 Å². The molecule has 116 valence electrons. The van der Waals surface area contributed by atoms with Gasteiger partial charge in [0.05, 0.1) is 0 Å². The topological polar surface area (TPSA) is 25.2 Å². The Morgan fingerprint density at radius 1 is 1.05 bits per heavy atom. The molecule has 1 N–H and O–H groups in total. The average molecular weight is 279 g/mol. The van der Waals surface area contributed by atoms with E-state index in [1.54, 1.807) is 0 Å². The molecule has 0 saturated carbocycles. The van der Waals surface area contributed by atoms with Crippen LogP contribution < -0.4 is 5.32 Å². The van der Waals surface area contributed by atoms with Gasteiger partial charge in [-0.2, -0.15) is 0 Å². The van der Waals surface area contributed by atoms with E-state index >= 15 is 0 Å². The van der Waals surface area contributed by atoms with Crippen LogP contribution in [-0.4, -0.2) is 6.54 Å². The van der Waals surface area contributed by atoms with Crippen molar-refractivity contribution < 1.29 is 4.42 Å². The summed E-state index contributed by atoms with van der Waals surface area (Å²) in [7, 11) is 0. The van der Waals surface area contributed by atoms with Crippen molar-refractivity contribution in [1.29, 1.82) is 0 Å². The lowest BCUT2D eigenvalue weighted by molar-refractivity contribution is 0.353. The summed E-state index contributed by atoms with van der Waals surface area (Å²) >= 11 is 0. The van der Waals surface area contributed by atoms with Crippen molar-refractivity contribution in [2.75, 3.05) is 6.54 Å². The smallest absolute Gasteiger partial charge is 0.106 e. The van der Waals surface area contributed by atoms with Crippen LogP contribution in [0.4, 0.5) is 0 Å². The molecule has 1 aromatic rings. The Balaban J connectivity index is 2.87. The summed E-state index contributed by atoms with van der Waals surface area (Å²) in [6.45, 7) is 14.2. The van der Waals surface area contributed by atoms with Gasteiger partial charge in [0.2, 0.25) is 0 Å². The monoisotopic (exact) mass is 279 g/mol. The summed E-state index contributed by atoms with van der Waals surface area (Å²) in [6.07, 6.45) is 6.50. The van der Waals surface area contributed by atoms with Crippen LogP contribution in [0.1, 0.15) is 81.6 Å². The lowest BCUT2D eigenvalue weighted by atomic mass is 9.88. The largest absolute Gasteiger partial charge is 0.466 e. The first-order valence-corrected chi connectivity index (χ1v) is 8.34. The first-order chi connectivity index (χ1) is 9.54. The Morgan fingerprint density at radius 3 is 2.20 bits per heavy atom. The van der Waals surface area contributed by atoms with Crippen molar-refractivity contribution in [2.24, 2.45) is 5.92 Å². The molecular formula is C18H33NO. The second-order valence-corrected chi connectivity index (χ2v) is 6.02. The number of aryl methyl sites for hydroxylation is 2. The quantitative estimate of drug-likeness (QED) is 0.649. The summed E-state index contributed by atoms with van der Waals surface area (Å²) < 4.78 is 5.83. The van der Waals surface area contributed by atoms with Crippen molar-refractivity contribution in [1.82, 2.24) is 5.32 Å². The van der Waals surface area contributed by atoms with Crippen molar-refractivity contribution in [2.45, 2.75) is 79.7 Å². The van der Waals surface area contributed by atoms with Gasteiger partial charge in [-0.05, 0) is 45.2 Å². The predicted molar refractivity (Wildman–Crippen MR) is 87.3 cm³/mol. The third-order valence-electron chi connectivity index (χ3n) is 4.53. The van der Waals surface area contributed by atoms with Gasteiger partial charge in [0.15, 0.2) is 0 Å². The number of furan rings is 1. The fraction of sp³-hybridized carbons (Fsp3) is 0.778. The van der Waals surface area contributed by atoms with Crippen LogP contribution in [0.3, 0.4) is 0 Å². The molecule has 20 heavy (non-hydrogen) atoms. The molecule has 0 spiro atoms. The highest BCUT2D eigenvalue weighted by Crippen LogP contribution is 2.33. The van der Waals surface area contributed by atoms with Crippen LogP contribution in [0.2, 0.25) is 0 Å². The summed E-state index contributed by atoms with van der Waals surface area (Å²) in [6, 6.07) is 0.444. The molecule has 0 aliphatic carbocycles. The van der Waals surface area contributed by atoms with Gasteiger partial charge in [0, 0.05) is 11.6 Å². The molecule has 0 aromatic carbocycles. The molecule has 0 amide bonds. The van der Waals surface area contributed by atoms with Crippen molar-refractivity contribution in [3.05, 3.63) is 22.6 Å². The molecule has 2 atom stereocenters. The van der Waals surface area contributed by atoms with E-state index in [0.717, 1.165) is 24.0 Å². The molecule has 0 saturated heterocycles. The Labute approximate surface area is 125 Å². The second kappa shape index (κ2) is 8.51. The first kappa shape index (κ1) is 17.3. The van der Waals surface area contributed by atoms with E-state index in [9.17, 15) is 0 Å². The number of unbranched alkanes of at least 4 members (excludes halogenated alkanes) is 1. The highest BCUT2D eigenvalue weighted by atomic mass is 16.3. The van der Waals surface area contributed by atoms with Crippen LogP contribution in [0.5, 0.6) is 0 Å². The molecule has 0 radical (unpaired) electrons. The molecule has 0 fully saturated rings. The van der Waals surface area contributed by atoms with E-state index in [1.807, 2.05) is 0 Å². The molecule has 1 heterocycles. The van der Waals surface area contributed by atoms with Gasteiger partial charge in [-0.1, -0.05) is 46.5 Å². The second-order valence-electron chi connectivity index (χ2n) is 6.02. The van der Waals surface area contributed by atoms with E-state index in [1.165, 1.54) is 43.2 Å². The van der Waals surface area contributed by atoms with Crippen LogP contribution in [0, 0.1) is 26.7 Å². The van der Waals surface area contributed by atoms with Gasteiger partial charge in [0.1, 0.15) is 11.5 Å². The summed E-state index contributed by atoms with van der Waals surface area (Å²) in [5.41, 5.74) is 2.73. The Morgan fingerprint density at radius 2 is 1.75 bits per heavy atom. The lowest BCUT2D eigenvalue weighted by Gasteiger charge is -2.24. The van der Waals surface area contributed by atoms with Crippen molar-refractivity contribution >= 4 is 0 Å². The van der Waals surface area contributed by atoms with Gasteiger partial charge in [-0.15, -0.1) is 0 Å². The van der Waals surface area contributed by atoms with Crippen LogP contribution in [0.25, 0.3) is 0 Å². The average Bonchev–Trinajstić information content (AvgIpc) is 2.67. The highest BCUT2D eigenvalue weighted by Gasteiger charge is 2.23. The molecule has 0 bridgehead atoms. The third kappa shape index (κ3) is 4.37. The number of nitrogens with one attached hydrogen (secondary N) is 1. The first-order valence-electron chi connectivity index (χ1n) is 8.34. The van der Waals surface area contributed by atoms with Gasteiger partial charge >= 0.3 is 0 Å². The minimum Gasteiger partial charge on any atom is -0.466 e. The zero-order valence-electron chi connectivity index (χ0n) is 14.3. The number of hydrogen-bond acceptors (Lipinski definition) is 2. The van der Waals surface area contributed by atoms with Gasteiger partial charge in [-0.3, -0.25) is 0 Å². The highest BCUT2D eigenvalue weighted by molar-refractivity contribution is 5.34. The van der Waals surface area contributed by atoms with E-state index in [0.29, 0.717) is 6.04 Å².